The molecule has 0 bridgehead atoms. The van der Waals surface area contributed by atoms with Crippen LogP contribution in [0.25, 0.3) is 11.0 Å². The molecule has 1 aromatic heterocycles. The van der Waals surface area contributed by atoms with Crippen molar-refractivity contribution in [3.8, 4) is 5.75 Å². The maximum Gasteiger partial charge on any atom is 0.291 e. The molecule has 2 aliphatic rings. The Morgan fingerprint density at radius 3 is 2.64 bits per heavy atom. The quantitative estimate of drug-likeness (QED) is 0.645. The van der Waals surface area contributed by atoms with Crippen LogP contribution in [0.3, 0.4) is 0 Å². The first kappa shape index (κ1) is 21.5. The number of imidazole rings is 1. The second kappa shape index (κ2) is 8.54. The standard InChI is InChI=1S/C26H30N4O3/c1-26(25(32)27-19-11-4-3-5-12-19)17-29-21-14-8-7-13-20(21)28-23(29)24(31)30(26)16-18-10-6-9-15-22(18)33-2/h6-10,13-15,19H,3-5,11-12,16-17H2,1-2H3,(H,27,32). The zero-order valence-corrected chi connectivity index (χ0v) is 19.2. The van der Waals surface area contributed by atoms with Crippen LogP contribution in [0, 0.1) is 0 Å². The van der Waals surface area contributed by atoms with Gasteiger partial charge in [0.05, 0.1) is 31.2 Å². The molecule has 0 saturated heterocycles. The number of hydrogen-bond acceptors (Lipinski definition) is 4. The minimum atomic E-state index is -1.06. The summed E-state index contributed by atoms with van der Waals surface area (Å²) in [4.78, 5) is 33.9. The Morgan fingerprint density at radius 2 is 1.85 bits per heavy atom. The van der Waals surface area contributed by atoms with E-state index in [0.717, 1.165) is 42.3 Å². The van der Waals surface area contributed by atoms with Crippen LogP contribution in [-0.4, -0.2) is 45.0 Å². The summed E-state index contributed by atoms with van der Waals surface area (Å²) in [6.45, 7) is 2.49. The molecule has 7 heteroatoms. The SMILES string of the molecule is COc1ccccc1CN1C(=O)c2nc3ccccc3n2CC1(C)C(=O)NC1CCCCC1. The summed E-state index contributed by atoms with van der Waals surface area (Å²) in [6.07, 6.45) is 5.44. The van der Waals surface area contributed by atoms with E-state index in [4.69, 9.17) is 4.74 Å². The third-order valence-electron chi connectivity index (χ3n) is 7.10. The number of nitrogens with zero attached hydrogens (tertiary/aromatic N) is 3. The molecule has 5 rings (SSSR count). The zero-order valence-electron chi connectivity index (χ0n) is 19.2. The number of carbonyl (C=O) groups is 2. The molecule has 1 saturated carbocycles. The topological polar surface area (TPSA) is 76.5 Å². The molecular weight excluding hydrogens is 416 g/mol. The van der Waals surface area contributed by atoms with Gasteiger partial charge in [0, 0.05) is 11.6 Å². The molecule has 1 aliphatic heterocycles. The first-order valence-electron chi connectivity index (χ1n) is 11.7. The number of nitrogens with one attached hydrogen (secondary N) is 1. The molecule has 33 heavy (non-hydrogen) atoms. The van der Waals surface area contributed by atoms with Crippen LogP contribution in [0.4, 0.5) is 0 Å². The lowest BCUT2D eigenvalue weighted by atomic mass is 9.91. The highest BCUT2D eigenvalue weighted by atomic mass is 16.5. The number of aromatic nitrogens is 2. The molecule has 1 aliphatic carbocycles. The number of hydrogen-bond donors (Lipinski definition) is 1. The van der Waals surface area contributed by atoms with Gasteiger partial charge in [-0.3, -0.25) is 9.59 Å². The number of carbonyl (C=O) groups excluding carboxylic acids is 2. The average Bonchev–Trinajstić information content (AvgIpc) is 3.21. The molecular formula is C26H30N4O3. The molecule has 1 N–H and O–H groups in total. The Bertz CT molecular complexity index is 1200. The van der Waals surface area contributed by atoms with E-state index in [2.05, 4.69) is 10.3 Å². The van der Waals surface area contributed by atoms with Gasteiger partial charge in [0.25, 0.3) is 5.91 Å². The summed E-state index contributed by atoms with van der Waals surface area (Å²) in [5.74, 6) is 0.708. The van der Waals surface area contributed by atoms with E-state index in [1.807, 2.05) is 60.0 Å². The molecule has 0 spiro atoms. The Balaban J connectivity index is 1.56. The van der Waals surface area contributed by atoms with Crippen LogP contribution in [0.1, 0.15) is 55.2 Å². The van der Waals surface area contributed by atoms with Gasteiger partial charge in [-0.05, 0) is 38.0 Å². The molecule has 2 heterocycles. The summed E-state index contributed by atoms with van der Waals surface area (Å²) in [5, 5.41) is 3.27. The number of para-hydroxylation sites is 3. The molecule has 3 aromatic rings. The molecule has 0 radical (unpaired) electrons. The van der Waals surface area contributed by atoms with Gasteiger partial charge >= 0.3 is 0 Å². The summed E-state index contributed by atoms with van der Waals surface area (Å²) in [6, 6.07) is 15.5. The fraction of sp³-hybridized carbons (Fsp3) is 0.423. The van der Waals surface area contributed by atoms with Gasteiger partial charge in [-0.1, -0.05) is 49.6 Å². The Kier molecular flexibility index (Phi) is 5.56. The largest absolute Gasteiger partial charge is 0.496 e. The number of ether oxygens (including phenoxy) is 1. The van der Waals surface area contributed by atoms with Gasteiger partial charge in [-0.25, -0.2) is 4.98 Å². The van der Waals surface area contributed by atoms with Crippen molar-refractivity contribution in [3.63, 3.8) is 0 Å². The third kappa shape index (κ3) is 3.75. The summed E-state index contributed by atoms with van der Waals surface area (Å²) in [5.41, 5.74) is 1.42. The molecule has 2 aromatic carbocycles. The maximum atomic E-state index is 13.8. The van der Waals surface area contributed by atoms with E-state index in [-0.39, 0.29) is 24.4 Å². The number of benzene rings is 2. The van der Waals surface area contributed by atoms with Crippen molar-refractivity contribution in [2.45, 2.75) is 63.7 Å². The van der Waals surface area contributed by atoms with E-state index in [1.165, 1.54) is 6.42 Å². The van der Waals surface area contributed by atoms with Crippen LogP contribution in [0.15, 0.2) is 48.5 Å². The predicted octanol–water partition coefficient (Wildman–Crippen LogP) is 3.91. The van der Waals surface area contributed by atoms with Crippen LogP contribution in [0.2, 0.25) is 0 Å². The Hall–Kier alpha value is -3.35. The van der Waals surface area contributed by atoms with E-state index < -0.39 is 5.54 Å². The van der Waals surface area contributed by atoms with E-state index in [9.17, 15) is 9.59 Å². The van der Waals surface area contributed by atoms with Crippen molar-refractivity contribution >= 4 is 22.8 Å². The van der Waals surface area contributed by atoms with Crippen molar-refractivity contribution in [3.05, 3.63) is 59.9 Å². The second-order valence-corrected chi connectivity index (χ2v) is 9.30. The van der Waals surface area contributed by atoms with Gasteiger partial charge in [0.2, 0.25) is 5.91 Å². The zero-order chi connectivity index (χ0) is 23.0. The Labute approximate surface area is 193 Å². The van der Waals surface area contributed by atoms with Gasteiger partial charge < -0.3 is 19.5 Å². The highest BCUT2D eigenvalue weighted by Crippen LogP contribution is 2.33. The van der Waals surface area contributed by atoms with Gasteiger partial charge in [0.15, 0.2) is 5.82 Å². The van der Waals surface area contributed by atoms with Crippen LogP contribution < -0.4 is 10.1 Å². The van der Waals surface area contributed by atoms with E-state index >= 15 is 0 Å². The van der Waals surface area contributed by atoms with Crippen molar-refractivity contribution < 1.29 is 14.3 Å². The van der Waals surface area contributed by atoms with Gasteiger partial charge in [-0.15, -0.1) is 0 Å². The van der Waals surface area contributed by atoms with E-state index in [1.54, 1.807) is 12.0 Å². The van der Waals surface area contributed by atoms with Gasteiger partial charge in [0.1, 0.15) is 11.3 Å². The minimum Gasteiger partial charge on any atom is -0.496 e. The number of fused-ring (bicyclic) bond motifs is 3. The number of rotatable bonds is 5. The van der Waals surface area contributed by atoms with Crippen LogP contribution in [-0.2, 0) is 17.9 Å². The molecule has 1 unspecified atom stereocenters. The smallest absolute Gasteiger partial charge is 0.291 e. The molecule has 172 valence electrons. The predicted molar refractivity (Wildman–Crippen MR) is 126 cm³/mol. The molecule has 1 fully saturated rings. The molecule has 7 nitrogen and oxygen atoms in total. The molecule has 1 atom stereocenters. The first-order valence-corrected chi connectivity index (χ1v) is 11.7. The van der Waals surface area contributed by atoms with Crippen LogP contribution >= 0.6 is 0 Å². The second-order valence-electron chi connectivity index (χ2n) is 9.30. The third-order valence-corrected chi connectivity index (χ3v) is 7.10. The highest BCUT2D eigenvalue weighted by Gasteiger charge is 2.49. The van der Waals surface area contributed by atoms with Crippen molar-refractivity contribution in [1.29, 1.82) is 0 Å². The van der Waals surface area contributed by atoms with Crippen molar-refractivity contribution in [2.75, 3.05) is 7.11 Å². The van der Waals surface area contributed by atoms with Crippen molar-refractivity contribution in [1.82, 2.24) is 19.8 Å². The fourth-order valence-electron chi connectivity index (χ4n) is 5.17. The van der Waals surface area contributed by atoms with Crippen LogP contribution in [0.5, 0.6) is 5.75 Å². The summed E-state index contributed by atoms with van der Waals surface area (Å²) in [7, 11) is 1.62. The summed E-state index contributed by atoms with van der Waals surface area (Å²) >= 11 is 0. The summed E-state index contributed by atoms with van der Waals surface area (Å²) < 4.78 is 7.43. The van der Waals surface area contributed by atoms with Crippen molar-refractivity contribution in [2.24, 2.45) is 0 Å². The monoisotopic (exact) mass is 446 g/mol. The number of methoxy groups -OCH3 is 1. The lowest BCUT2D eigenvalue weighted by Crippen LogP contribution is -2.64. The fourth-order valence-corrected chi connectivity index (χ4v) is 5.17. The average molecular weight is 447 g/mol. The highest BCUT2D eigenvalue weighted by molar-refractivity contribution is 6.01. The Morgan fingerprint density at radius 1 is 1.12 bits per heavy atom. The van der Waals surface area contributed by atoms with Gasteiger partial charge in [-0.2, -0.15) is 0 Å². The maximum absolute atomic E-state index is 13.8. The minimum absolute atomic E-state index is 0.110. The normalized spacial score (nSPS) is 21.2. The number of amides is 2. The first-order chi connectivity index (χ1) is 16.0. The lowest BCUT2D eigenvalue weighted by Gasteiger charge is -2.44. The molecule has 2 amide bonds. The van der Waals surface area contributed by atoms with E-state index in [0.29, 0.717) is 18.1 Å². The lowest BCUT2D eigenvalue weighted by molar-refractivity contribution is -0.134.